The number of carbonyl (C=O) groups is 2. The number of rotatable bonds is 8. The number of hydrogen-bond donors (Lipinski definition) is 2. The summed E-state index contributed by atoms with van der Waals surface area (Å²) in [4.78, 5) is 27.1. The Morgan fingerprint density at radius 2 is 2.00 bits per heavy atom. The van der Waals surface area contributed by atoms with Gasteiger partial charge in [-0.15, -0.1) is 11.8 Å². The van der Waals surface area contributed by atoms with Crippen molar-refractivity contribution in [2.45, 2.75) is 31.1 Å². The minimum absolute atomic E-state index is 0.0250. The Morgan fingerprint density at radius 1 is 1.17 bits per heavy atom. The summed E-state index contributed by atoms with van der Waals surface area (Å²) in [5, 5.41) is 6.07. The van der Waals surface area contributed by atoms with Crippen molar-refractivity contribution in [3.05, 3.63) is 24.3 Å². The molecule has 2 amide bonds. The van der Waals surface area contributed by atoms with Crippen LogP contribution in [0.2, 0.25) is 0 Å². The van der Waals surface area contributed by atoms with Gasteiger partial charge in [-0.3, -0.25) is 9.59 Å². The van der Waals surface area contributed by atoms with Gasteiger partial charge >= 0.3 is 0 Å². The van der Waals surface area contributed by atoms with E-state index in [-0.39, 0.29) is 24.7 Å². The maximum absolute atomic E-state index is 12.4. The highest BCUT2D eigenvalue weighted by Gasteiger charge is 2.22. The van der Waals surface area contributed by atoms with Gasteiger partial charge in [-0.2, -0.15) is 0 Å². The lowest BCUT2D eigenvalue weighted by molar-refractivity contribution is -0.125. The lowest BCUT2D eigenvalue weighted by Gasteiger charge is -2.29. The normalized spacial score (nSPS) is 13.5. The van der Waals surface area contributed by atoms with Gasteiger partial charge in [-0.25, -0.2) is 0 Å². The Labute approximate surface area is 142 Å². The van der Waals surface area contributed by atoms with Crippen LogP contribution in [0.4, 0.5) is 5.69 Å². The average molecular weight is 335 g/mol. The molecule has 0 radical (unpaired) electrons. The number of para-hydroxylation sites is 1. The van der Waals surface area contributed by atoms with E-state index in [1.165, 1.54) is 0 Å². The first-order valence-electron chi connectivity index (χ1n) is 8.22. The summed E-state index contributed by atoms with van der Waals surface area (Å²) in [6.07, 6.45) is 1.59. The van der Waals surface area contributed by atoms with Gasteiger partial charge < -0.3 is 15.5 Å². The van der Waals surface area contributed by atoms with Crippen LogP contribution in [0.3, 0.4) is 0 Å². The van der Waals surface area contributed by atoms with Crippen LogP contribution >= 0.6 is 11.8 Å². The predicted octanol–water partition coefficient (Wildman–Crippen LogP) is 2.02. The van der Waals surface area contributed by atoms with Crippen molar-refractivity contribution in [3.8, 4) is 0 Å². The van der Waals surface area contributed by atoms with E-state index in [9.17, 15) is 9.59 Å². The molecule has 1 heterocycles. The highest BCUT2D eigenvalue weighted by molar-refractivity contribution is 7.99. The van der Waals surface area contributed by atoms with Crippen molar-refractivity contribution in [1.29, 1.82) is 0 Å². The number of carbonyl (C=O) groups excluding carboxylic acids is 2. The Kier molecular flexibility index (Phi) is 7.42. The Morgan fingerprint density at radius 3 is 2.83 bits per heavy atom. The zero-order valence-corrected chi connectivity index (χ0v) is 14.5. The lowest BCUT2D eigenvalue weighted by Crippen LogP contribution is -2.37. The molecule has 1 aliphatic heterocycles. The molecule has 1 aromatic rings. The standard InChI is InChI=1S/C17H25N3O2S/c1-2-9-18-10-11-19-16(21)7-8-17(22)20-12-13-23-15-6-4-3-5-14(15)20/h3-6,18H,2,7-13H2,1H3,(H,19,21). The molecule has 0 saturated carbocycles. The lowest BCUT2D eigenvalue weighted by atomic mass is 10.2. The molecule has 0 aliphatic carbocycles. The Hall–Kier alpha value is -1.53. The summed E-state index contributed by atoms with van der Waals surface area (Å²) in [6, 6.07) is 7.94. The van der Waals surface area contributed by atoms with E-state index < -0.39 is 0 Å². The van der Waals surface area contributed by atoms with Gasteiger partial charge in [-0.05, 0) is 25.1 Å². The first-order valence-corrected chi connectivity index (χ1v) is 9.20. The molecule has 1 aromatic carbocycles. The first kappa shape index (κ1) is 17.8. The summed E-state index contributed by atoms with van der Waals surface area (Å²) < 4.78 is 0. The third-order valence-electron chi connectivity index (χ3n) is 3.65. The minimum atomic E-state index is -0.0590. The quantitative estimate of drug-likeness (QED) is 0.714. The van der Waals surface area contributed by atoms with Gasteiger partial charge in [-0.1, -0.05) is 19.1 Å². The van der Waals surface area contributed by atoms with Crippen molar-refractivity contribution in [1.82, 2.24) is 10.6 Å². The number of anilines is 1. The molecule has 0 aromatic heterocycles. The SMILES string of the molecule is CCCNCCNC(=O)CCC(=O)N1CCSc2ccccc21. The molecule has 5 nitrogen and oxygen atoms in total. The van der Waals surface area contributed by atoms with E-state index >= 15 is 0 Å². The van der Waals surface area contributed by atoms with Crippen molar-refractivity contribution in [3.63, 3.8) is 0 Å². The van der Waals surface area contributed by atoms with Gasteiger partial charge in [0.1, 0.15) is 0 Å². The molecule has 6 heteroatoms. The van der Waals surface area contributed by atoms with E-state index in [1.807, 2.05) is 29.2 Å². The Bertz CT molecular complexity index is 536. The van der Waals surface area contributed by atoms with Gasteiger partial charge in [0.05, 0.1) is 5.69 Å². The van der Waals surface area contributed by atoms with Gasteiger partial charge in [0.2, 0.25) is 11.8 Å². The second-order valence-corrected chi connectivity index (χ2v) is 6.60. The molecule has 0 bridgehead atoms. The zero-order chi connectivity index (χ0) is 16.5. The molecule has 0 unspecified atom stereocenters. The van der Waals surface area contributed by atoms with Crippen LogP contribution in [0.25, 0.3) is 0 Å². The second kappa shape index (κ2) is 9.57. The van der Waals surface area contributed by atoms with Crippen LogP contribution in [0.5, 0.6) is 0 Å². The third kappa shape index (κ3) is 5.55. The van der Waals surface area contributed by atoms with Crippen LogP contribution in [-0.2, 0) is 9.59 Å². The van der Waals surface area contributed by atoms with E-state index in [1.54, 1.807) is 11.8 Å². The summed E-state index contributed by atoms with van der Waals surface area (Å²) in [5.74, 6) is 0.867. The van der Waals surface area contributed by atoms with Crippen molar-refractivity contribution in [2.24, 2.45) is 0 Å². The summed E-state index contributed by atoms with van der Waals surface area (Å²) >= 11 is 1.77. The monoisotopic (exact) mass is 335 g/mol. The van der Waals surface area contributed by atoms with Crippen LogP contribution in [0.15, 0.2) is 29.2 Å². The van der Waals surface area contributed by atoms with Crippen LogP contribution in [-0.4, -0.2) is 43.7 Å². The molecule has 0 fully saturated rings. The number of hydrogen-bond acceptors (Lipinski definition) is 4. The van der Waals surface area contributed by atoms with Crippen molar-refractivity contribution < 1.29 is 9.59 Å². The number of amides is 2. The van der Waals surface area contributed by atoms with Gasteiger partial charge in [0, 0.05) is 43.1 Å². The van der Waals surface area contributed by atoms with E-state index in [0.29, 0.717) is 13.1 Å². The summed E-state index contributed by atoms with van der Waals surface area (Å²) in [5.41, 5.74) is 0.970. The fourth-order valence-electron chi connectivity index (χ4n) is 2.46. The number of nitrogens with one attached hydrogen (secondary N) is 2. The highest BCUT2D eigenvalue weighted by Crippen LogP contribution is 2.34. The third-order valence-corrected chi connectivity index (χ3v) is 4.69. The number of benzene rings is 1. The van der Waals surface area contributed by atoms with E-state index in [0.717, 1.165) is 35.8 Å². The summed E-state index contributed by atoms with van der Waals surface area (Å²) in [6.45, 7) is 5.15. The molecular formula is C17H25N3O2S. The van der Waals surface area contributed by atoms with Crippen molar-refractivity contribution in [2.75, 3.05) is 36.8 Å². The number of fused-ring (bicyclic) bond motifs is 1. The van der Waals surface area contributed by atoms with Crippen LogP contribution in [0, 0.1) is 0 Å². The second-order valence-electron chi connectivity index (χ2n) is 5.46. The fraction of sp³-hybridized carbons (Fsp3) is 0.529. The molecule has 23 heavy (non-hydrogen) atoms. The molecule has 0 atom stereocenters. The minimum Gasteiger partial charge on any atom is -0.355 e. The van der Waals surface area contributed by atoms with E-state index in [4.69, 9.17) is 0 Å². The number of thioether (sulfide) groups is 1. The first-order chi connectivity index (χ1) is 11.2. The number of nitrogens with zero attached hydrogens (tertiary/aromatic N) is 1. The molecule has 2 rings (SSSR count). The molecule has 0 saturated heterocycles. The molecule has 1 aliphatic rings. The smallest absolute Gasteiger partial charge is 0.227 e. The molecule has 126 valence electrons. The fourth-order valence-corrected chi connectivity index (χ4v) is 3.46. The maximum Gasteiger partial charge on any atom is 0.227 e. The topological polar surface area (TPSA) is 61.4 Å². The Balaban J connectivity index is 1.74. The predicted molar refractivity (Wildman–Crippen MR) is 94.9 cm³/mol. The maximum atomic E-state index is 12.4. The van der Waals surface area contributed by atoms with Crippen LogP contribution in [0.1, 0.15) is 26.2 Å². The van der Waals surface area contributed by atoms with Crippen molar-refractivity contribution >= 4 is 29.3 Å². The van der Waals surface area contributed by atoms with E-state index in [2.05, 4.69) is 17.6 Å². The molecule has 0 spiro atoms. The van der Waals surface area contributed by atoms with Gasteiger partial charge in [0.25, 0.3) is 0 Å². The largest absolute Gasteiger partial charge is 0.355 e. The summed E-state index contributed by atoms with van der Waals surface area (Å²) in [7, 11) is 0. The van der Waals surface area contributed by atoms with Crippen LogP contribution < -0.4 is 15.5 Å². The zero-order valence-electron chi connectivity index (χ0n) is 13.6. The van der Waals surface area contributed by atoms with Gasteiger partial charge in [0.15, 0.2) is 0 Å². The average Bonchev–Trinajstić information content (AvgIpc) is 2.59. The highest BCUT2D eigenvalue weighted by atomic mass is 32.2. The molecular weight excluding hydrogens is 310 g/mol. The molecule has 2 N–H and O–H groups in total.